The number of carbonyl (C=O) groups excluding carboxylic acids is 1. The summed E-state index contributed by atoms with van der Waals surface area (Å²) in [7, 11) is 0. The van der Waals surface area contributed by atoms with E-state index in [9.17, 15) is 9.59 Å². The summed E-state index contributed by atoms with van der Waals surface area (Å²) >= 11 is 0. The van der Waals surface area contributed by atoms with Gasteiger partial charge in [0, 0.05) is 49.7 Å². The summed E-state index contributed by atoms with van der Waals surface area (Å²) < 4.78 is 1.62. The van der Waals surface area contributed by atoms with Gasteiger partial charge in [-0.15, -0.1) is 0 Å². The van der Waals surface area contributed by atoms with Crippen molar-refractivity contribution in [1.29, 1.82) is 0 Å². The number of nitrogens with one attached hydrogen (secondary N) is 1. The van der Waals surface area contributed by atoms with Gasteiger partial charge in [0.05, 0.1) is 17.8 Å². The highest BCUT2D eigenvalue weighted by Crippen LogP contribution is 2.33. The highest BCUT2D eigenvalue weighted by Gasteiger charge is 2.36. The van der Waals surface area contributed by atoms with Crippen molar-refractivity contribution in [3.8, 4) is 0 Å². The van der Waals surface area contributed by atoms with Gasteiger partial charge in [0.25, 0.3) is 5.56 Å². The van der Waals surface area contributed by atoms with Crippen LogP contribution >= 0.6 is 0 Å². The van der Waals surface area contributed by atoms with Crippen LogP contribution in [0.3, 0.4) is 0 Å². The van der Waals surface area contributed by atoms with Gasteiger partial charge in [0.2, 0.25) is 5.91 Å². The summed E-state index contributed by atoms with van der Waals surface area (Å²) in [5.74, 6) is 1.59. The molecule has 2 fully saturated rings. The van der Waals surface area contributed by atoms with Gasteiger partial charge < -0.3 is 9.80 Å². The van der Waals surface area contributed by atoms with E-state index in [0.29, 0.717) is 31.0 Å². The second kappa shape index (κ2) is 8.18. The number of rotatable bonds is 4. The monoisotopic (exact) mass is 435 g/mol. The molecular weight excluding hydrogens is 402 g/mol. The first kappa shape index (κ1) is 20.2. The molecule has 2 atom stereocenters. The maximum atomic E-state index is 13.3. The number of amides is 1. The lowest BCUT2D eigenvalue weighted by molar-refractivity contribution is -0.133. The first-order valence-corrected chi connectivity index (χ1v) is 12.5. The molecule has 2 aliphatic heterocycles. The van der Waals surface area contributed by atoms with Crippen LogP contribution in [0.25, 0.3) is 5.65 Å². The third-order valence-corrected chi connectivity index (χ3v) is 7.86. The van der Waals surface area contributed by atoms with Crippen molar-refractivity contribution >= 4 is 11.6 Å². The highest BCUT2D eigenvalue weighted by atomic mass is 16.2. The summed E-state index contributed by atoms with van der Waals surface area (Å²) in [5.41, 5.74) is 3.37. The summed E-state index contributed by atoms with van der Waals surface area (Å²) in [5, 5.41) is 3.39. The van der Waals surface area contributed by atoms with Crippen LogP contribution in [-0.2, 0) is 17.8 Å². The number of hydrogen-bond donors (Lipinski definition) is 1. The van der Waals surface area contributed by atoms with E-state index < -0.39 is 0 Å². The predicted octanol–water partition coefficient (Wildman–Crippen LogP) is 2.85. The summed E-state index contributed by atoms with van der Waals surface area (Å²) in [4.78, 5) is 35.1. The van der Waals surface area contributed by atoms with E-state index in [4.69, 9.17) is 4.98 Å². The number of nitrogens with zero attached hydrogens (tertiary/aromatic N) is 4. The minimum Gasteiger partial charge on any atom is -0.337 e. The van der Waals surface area contributed by atoms with Crippen LogP contribution in [0.1, 0.15) is 67.8 Å². The van der Waals surface area contributed by atoms with Crippen molar-refractivity contribution < 1.29 is 4.79 Å². The minimum atomic E-state index is -0.0359. The molecule has 1 amide bonds. The third-order valence-electron chi connectivity index (χ3n) is 7.86. The molecule has 1 N–H and O–H groups in total. The quantitative estimate of drug-likeness (QED) is 0.750. The first-order chi connectivity index (χ1) is 15.7. The van der Waals surface area contributed by atoms with Crippen molar-refractivity contribution in [2.45, 2.75) is 63.8 Å². The zero-order chi connectivity index (χ0) is 21.7. The fourth-order valence-corrected chi connectivity index (χ4v) is 5.85. The number of H-pyrrole nitrogens is 1. The molecule has 2 aliphatic carbocycles. The van der Waals surface area contributed by atoms with E-state index in [1.807, 2.05) is 4.90 Å². The van der Waals surface area contributed by atoms with Gasteiger partial charge in [-0.05, 0) is 57.4 Å². The molecule has 6 rings (SSSR count). The van der Waals surface area contributed by atoms with Crippen LogP contribution in [0, 0.1) is 11.8 Å². The van der Waals surface area contributed by atoms with Gasteiger partial charge in [-0.3, -0.25) is 14.7 Å². The molecule has 2 aromatic heterocycles. The molecule has 7 nitrogen and oxygen atoms in total. The molecule has 32 heavy (non-hydrogen) atoms. The van der Waals surface area contributed by atoms with E-state index in [0.717, 1.165) is 48.8 Å². The van der Waals surface area contributed by atoms with Crippen LogP contribution in [0.5, 0.6) is 0 Å². The fourth-order valence-electron chi connectivity index (χ4n) is 5.85. The second-order valence-electron chi connectivity index (χ2n) is 10.3. The van der Waals surface area contributed by atoms with Crippen molar-refractivity contribution in [1.82, 2.24) is 24.4 Å². The van der Waals surface area contributed by atoms with E-state index in [1.165, 1.54) is 38.8 Å². The van der Waals surface area contributed by atoms with Gasteiger partial charge in [-0.25, -0.2) is 9.50 Å². The smallest absolute Gasteiger partial charge is 0.277 e. The Balaban J connectivity index is 1.22. The molecule has 7 heteroatoms. The number of likely N-dealkylation sites (tertiary alicyclic amines) is 1. The Labute approximate surface area is 188 Å². The van der Waals surface area contributed by atoms with Gasteiger partial charge in [-0.1, -0.05) is 12.2 Å². The normalized spacial score (nSPS) is 26.4. The molecule has 2 aromatic rings. The molecule has 0 bridgehead atoms. The average Bonchev–Trinajstić information content (AvgIpc) is 3.58. The minimum absolute atomic E-state index is 0.0359. The number of aromatic amines is 1. The molecular formula is C25H33N5O2. The van der Waals surface area contributed by atoms with Crippen LogP contribution in [-0.4, -0.2) is 56.5 Å². The van der Waals surface area contributed by atoms with E-state index in [2.05, 4.69) is 28.2 Å². The molecule has 170 valence electrons. The Kier molecular flexibility index (Phi) is 5.17. The van der Waals surface area contributed by atoms with Crippen LogP contribution < -0.4 is 5.56 Å². The topological polar surface area (TPSA) is 73.7 Å². The van der Waals surface area contributed by atoms with E-state index in [1.54, 1.807) is 4.52 Å². The Hall–Kier alpha value is -2.41. The molecule has 4 heterocycles. The van der Waals surface area contributed by atoms with Crippen LogP contribution in [0.2, 0.25) is 0 Å². The Morgan fingerprint density at radius 2 is 2.06 bits per heavy atom. The summed E-state index contributed by atoms with van der Waals surface area (Å²) in [6.45, 7) is 4.48. The molecule has 0 radical (unpaired) electrons. The van der Waals surface area contributed by atoms with Crippen molar-refractivity contribution in [2.24, 2.45) is 11.8 Å². The zero-order valence-corrected chi connectivity index (χ0v) is 18.8. The Morgan fingerprint density at radius 3 is 2.88 bits per heavy atom. The SMILES string of the molecule is O=C(C1CC1)N1CCc2nc3cc(C4CCCN(CC5CC=CCC5)C4)[nH]n3c(=O)c2C1. The predicted molar refractivity (Wildman–Crippen MR) is 123 cm³/mol. The lowest BCUT2D eigenvalue weighted by atomic mass is 9.90. The Bertz CT molecular complexity index is 1110. The summed E-state index contributed by atoms with van der Waals surface area (Å²) in [6.07, 6.45) is 13.4. The number of aromatic nitrogens is 3. The maximum absolute atomic E-state index is 13.3. The van der Waals surface area contributed by atoms with Crippen LogP contribution in [0.15, 0.2) is 23.0 Å². The number of piperidine rings is 1. The molecule has 0 aromatic carbocycles. The van der Waals surface area contributed by atoms with Crippen LogP contribution in [0.4, 0.5) is 0 Å². The fraction of sp³-hybridized carbons (Fsp3) is 0.640. The largest absolute Gasteiger partial charge is 0.337 e. The van der Waals surface area contributed by atoms with Gasteiger partial charge >= 0.3 is 0 Å². The molecule has 4 aliphatic rings. The standard InChI is InChI=1S/C25H33N5O2/c31-24(18-8-9-18)29-12-10-21-20(16-29)25(32)30-23(26-21)13-22(27-30)19-7-4-11-28(15-19)14-17-5-2-1-3-6-17/h1-2,13,17-19,27H,3-12,14-16H2. The van der Waals surface area contributed by atoms with Gasteiger partial charge in [0.15, 0.2) is 5.65 Å². The molecule has 1 saturated carbocycles. The van der Waals surface area contributed by atoms with Crippen molar-refractivity contribution in [3.63, 3.8) is 0 Å². The molecule has 1 saturated heterocycles. The number of allylic oxidation sites excluding steroid dienone is 2. The average molecular weight is 436 g/mol. The number of fused-ring (bicyclic) bond motifs is 2. The van der Waals surface area contributed by atoms with Gasteiger partial charge in [-0.2, -0.15) is 0 Å². The third kappa shape index (κ3) is 3.81. The zero-order valence-electron chi connectivity index (χ0n) is 18.8. The molecule has 2 unspecified atom stereocenters. The lowest BCUT2D eigenvalue weighted by Crippen LogP contribution is -2.41. The lowest BCUT2D eigenvalue weighted by Gasteiger charge is -2.35. The Morgan fingerprint density at radius 1 is 1.16 bits per heavy atom. The molecule has 0 spiro atoms. The van der Waals surface area contributed by atoms with Crippen molar-refractivity contribution in [3.05, 3.63) is 45.5 Å². The number of hydrogen-bond acceptors (Lipinski definition) is 4. The first-order valence-electron chi connectivity index (χ1n) is 12.5. The number of carbonyl (C=O) groups is 1. The van der Waals surface area contributed by atoms with Gasteiger partial charge in [0.1, 0.15) is 0 Å². The van der Waals surface area contributed by atoms with E-state index in [-0.39, 0.29) is 17.4 Å². The van der Waals surface area contributed by atoms with E-state index >= 15 is 0 Å². The second-order valence-corrected chi connectivity index (χ2v) is 10.3. The van der Waals surface area contributed by atoms with Crippen molar-refractivity contribution in [2.75, 3.05) is 26.2 Å². The summed E-state index contributed by atoms with van der Waals surface area (Å²) in [6, 6.07) is 2.08. The maximum Gasteiger partial charge on any atom is 0.277 e. The highest BCUT2D eigenvalue weighted by molar-refractivity contribution is 5.81.